The van der Waals surface area contributed by atoms with Crippen molar-refractivity contribution in [1.29, 1.82) is 0 Å². The van der Waals surface area contributed by atoms with Gasteiger partial charge in [-0.1, -0.05) is 6.07 Å². The molecule has 1 fully saturated rings. The number of hydrogen-bond donors (Lipinski definition) is 1. The van der Waals surface area contributed by atoms with E-state index in [1.807, 2.05) is 0 Å². The number of nitro groups is 1. The maximum absolute atomic E-state index is 14.5. The van der Waals surface area contributed by atoms with E-state index in [1.165, 1.54) is 18.2 Å². The predicted octanol–water partition coefficient (Wildman–Crippen LogP) is 5.41. The molecular weight excluding hydrogens is 491 g/mol. The second kappa shape index (κ2) is 9.96. The highest BCUT2D eigenvalue weighted by atomic mass is 19.4. The van der Waals surface area contributed by atoms with Gasteiger partial charge in [-0.15, -0.1) is 0 Å². The van der Waals surface area contributed by atoms with Crippen molar-refractivity contribution in [2.75, 3.05) is 13.1 Å². The molecule has 36 heavy (non-hydrogen) atoms. The number of nitrogens with zero attached hydrogens (tertiary/aromatic N) is 3. The molecule has 0 spiro atoms. The minimum Gasteiger partial charge on any atom is -0.444 e. The van der Waals surface area contributed by atoms with Crippen LogP contribution in [0.15, 0.2) is 36.5 Å². The van der Waals surface area contributed by atoms with Crippen molar-refractivity contribution in [3.63, 3.8) is 0 Å². The maximum atomic E-state index is 14.5. The molecule has 3 rings (SSSR count). The lowest BCUT2D eigenvalue weighted by Gasteiger charge is -2.38. The van der Waals surface area contributed by atoms with Gasteiger partial charge in [0.15, 0.2) is 0 Å². The van der Waals surface area contributed by atoms with Gasteiger partial charge in [0.2, 0.25) is 0 Å². The molecular formula is C23H25F5N4O4. The monoisotopic (exact) mass is 516 g/mol. The Hall–Kier alpha value is -3.35. The summed E-state index contributed by atoms with van der Waals surface area (Å²) in [6.07, 6.45) is -5.21. The zero-order valence-corrected chi connectivity index (χ0v) is 19.7. The van der Waals surface area contributed by atoms with Crippen LogP contribution in [0.1, 0.15) is 38.4 Å². The number of alkyl halides is 5. The Labute approximate surface area is 203 Å². The van der Waals surface area contributed by atoms with E-state index in [4.69, 9.17) is 4.74 Å². The normalized spacial score (nSPS) is 18.5. The summed E-state index contributed by atoms with van der Waals surface area (Å²) in [5.41, 5.74) is -1.42. The number of carbonyl (C=O) groups excluding carboxylic acids is 1. The highest BCUT2D eigenvalue weighted by Crippen LogP contribution is 2.33. The van der Waals surface area contributed by atoms with Gasteiger partial charge in [0, 0.05) is 49.9 Å². The number of rotatable bonds is 5. The van der Waals surface area contributed by atoms with E-state index in [0.29, 0.717) is 5.56 Å². The number of non-ortho nitro benzene ring substituents is 1. The van der Waals surface area contributed by atoms with E-state index >= 15 is 0 Å². The number of alkyl carbamates (subject to hydrolysis) is 1. The minimum absolute atomic E-state index is 0.0331. The molecule has 1 saturated heterocycles. The molecule has 1 aliphatic rings. The minimum atomic E-state index is -4.63. The van der Waals surface area contributed by atoms with Crippen LogP contribution in [-0.2, 0) is 17.5 Å². The molecule has 0 aliphatic carbocycles. The summed E-state index contributed by atoms with van der Waals surface area (Å²) < 4.78 is 72.5. The first-order valence-corrected chi connectivity index (χ1v) is 11.0. The third-order valence-corrected chi connectivity index (χ3v) is 5.38. The van der Waals surface area contributed by atoms with Crippen LogP contribution in [0.2, 0.25) is 0 Å². The van der Waals surface area contributed by atoms with Gasteiger partial charge < -0.3 is 10.1 Å². The summed E-state index contributed by atoms with van der Waals surface area (Å²) in [6.45, 7) is 4.55. The third-order valence-electron chi connectivity index (χ3n) is 5.38. The Kier molecular flexibility index (Phi) is 7.53. The van der Waals surface area contributed by atoms with Gasteiger partial charge in [0.1, 0.15) is 17.3 Å². The first-order valence-electron chi connectivity index (χ1n) is 11.0. The largest absolute Gasteiger partial charge is 0.444 e. The van der Waals surface area contributed by atoms with Crippen LogP contribution in [0.5, 0.6) is 0 Å². The summed E-state index contributed by atoms with van der Waals surface area (Å²) in [4.78, 5) is 27.8. The maximum Gasteiger partial charge on any atom is 0.433 e. The molecule has 1 amide bonds. The van der Waals surface area contributed by atoms with Crippen molar-refractivity contribution in [2.45, 2.75) is 57.5 Å². The molecule has 1 aromatic heterocycles. The molecule has 13 heteroatoms. The number of piperidine rings is 1. The van der Waals surface area contributed by atoms with Crippen molar-refractivity contribution >= 4 is 11.8 Å². The molecule has 0 unspecified atom stereocenters. The molecule has 0 saturated carbocycles. The molecule has 2 aromatic rings. The predicted molar refractivity (Wildman–Crippen MR) is 119 cm³/mol. The average Bonchev–Trinajstić information content (AvgIpc) is 2.74. The number of ether oxygens (including phenoxy) is 1. The van der Waals surface area contributed by atoms with Crippen molar-refractivity contribution in [3.05, 3.63) is 57.9 Å². The van der Waals surface area contributed by atoms with E-state index in [9.17, 15) is 36.9 Å². The second-order valence-corrected chi connectivity index (χ2v) is 9.52. The lowest BCUT2D eigenvalue weighted by atomic mass is 9.99. The Morgan fingerprint density at radius 3 is 2.47 bits per heavy atom. The summed E-state index contributed by atoms with van der Waals surface area (Å²) in [6, 6.07) is 4.38. The lowest BCUT2D eigenvalue weighted by Crippen LogP contribution is -2.58. The number of hydrogen-bond acceptors (Lipinski definition) is 6. The number of nitro benzene ring substituents is 1. The fraction of sp³-hybridized carbons (Fsp3) is 0.478. The number of amides is 1. The smallest absolute Gasteiger partial charge is 0.433 e. The number of carbonyl (C=O) groups is 1. The molecule has 1 atom stereocenters. The van der Waals surface area contributed by atoms with Crippen LogP contribution in [0.25, 0.3) is 11.1 Å². The molecule has 0 bridgehead atoms. The molecule has 8 nitrogen and oxygen atoms in total. The Bertz CT molecular complexity index is 1120. The van der Waals surface area contributed by atoms with Gasteiger partial charge in [-0.25, -0.2) is 13.6 Å². The standard InChI is InChI=1S/C23H25F5N4O4/c1-21(2,3)36-20(33)30-19-13-31(7-6-22(19,24)25)12-14-8-16(10-17(9-14)32(34)35)15-4-5-18(29-11-15)23(26,27)28/h4-5,8-11,19H,6-7,12-13H2,1-3H3,(H,30,33)/t19-/m1/s1. The van der Waals surface area contributed by atoms with Crippen molar-refractivity contribution in [1.82, 2.24) is 15.2 Å². The van der Waals surface area contributed by atoms with Crippen LogP contribution in [-0.4, -0.2) is 51.6 Å². The Morgan fingerprint density at radius 2 is 1.92 bits per heavy atom. The molecule has 1 aliphatic heterocycles. The number of pyridine rings is 1. The summed E-state index contributed by atoms with van der Waals surface area (Å²) >= 11 is 0. The van der Waals surface area contributed by atoms with E-state index in [0.717, 1.165) is 18.3 Å². The first-order chi connectivity index (χ1) is 16.5. The molecule has 196 valence electrons. The van der Waals surface area contributed by atoms with E-state index in [-0.39, 0.29) is 36.4 Å². The SMILES string of the molecule is CC(C)(C)OC(=O)N[C@@H]1CN(Cc2cc(-c3ccc(C(F)(F)F)nc3)cc([N+](=O)[O-])c2)CCC1(F)F. The van der Waals surface area contributed by atoms with E-state index in [2.05, 4.69) is 10.3 Å². The van der Waals surface area contributed by atoms with Crippen LogP contribution in [0.3, 0.4) is 0 Å². The van der Waals surface area contributed by atoms with Crippen LogP contribution < -0.4 is 5.32 Å². The van der Waals surface area contributed by atoms with Crippen molar-refractivity contribution < 1.29 is 36.4 Å². The van der Waals surface area contributed by atoms with Crippen LogP contribution >= 0.6 is 0 Å². The number of halogens is 5. The van der Waals surface area contributed by atoms with Gasteiger partial charge in [0.05, 0.1) is 4.92 Å². The lowest BCUT2D eigenvalue weighted by molar-refractivity contribution is -0.384. The molecule has 0 radical (unpaired) electrons. The topological polar surface area (TPSA) is 97.6 Å². The summed E-state index contributed by atoms with van der Waals surface area (Å²) in [5.74, 6) is -3.19. The number of nitrogens with one attached hydrogen (secondary N) is 1. The van der Waals surface area contributed by atoms with Gasteiger partial charge in [-0.3, -0.25) is 20.0 Å². The number of benzene rings is 1. The Morgan fingerprint density at radius 1 is 1.22 bits per heavy atom. The van der Waals surface area contributed by atoms with Crippen molar-refractivity contribution in [2.24, 2.45) is 0 Å². The molecule has 1 N–H and O–H groups in total. The van der Waals surface area contributed by atoms with E-state index < -0.39 is 46.9 Å². The van der Waals surface area contributed by atoms with Crippen molar-refractivity contribution in [3.8, 4) is 11.1 Å². The summed E-state index contributed by atoms with van der Waals surface area (Å²) in [7, 11) is 0. The Balaban J connectivity index is 1.81. The zero-order valence-electron chi connectivity index (χ0n) is 19.7. The van der Waals surface area contributed by atoms with Crippen LogP contribution in [0, 0.1) is 10.1 Å². The third kappa shape index (κ3) is 7.09. The van der Waals surface area contributed by atoms with Gasteiger partial charge in [0.25, 0.3) is 11.6 Å². The first kappa shape index (κ1) is 27.2. The molecule has 1 aromatic carbocycles. The quantitative estimate of drug-likeness (QED) is 0.324. The van der Waals surface area contributed by atoms with Gasteiger partial charge in [-0.05, 0) is 44.0 Å². The summed E-state index contributed by atoms with van der Waals surface area (Å²) in [5, 5.41) is 13.7. The fourth-order valence-electron chi connectivity index (χ4n) is 3.74. The van der Waals surface area contributed by atoms with Gasteiger partial charge >= 0.3 is 12.3 Å². The van der Waals surface area contributed by atoms with Gasteiger partial charge in [-0.2, -0.15) is 13.2 Å². The molecule has 2 heterocycles. The zero-order chi connectivity index (χ0) is 26.9. The average molecular weight is 516 g/mol. The fourth-order valence-corrected chi connectivity index (χ4v) is 3.74. The highest BCUT2D eigenvalue weighted by Gasteiger charge is 2.45. The van der Waals surface area contributed by atoms with Crippen LogP contribution in [0.4, 0.5) is 32.4 Å². The van der Waals surface area contributed by atoms with E-state index in [1.54, 1.807) is 25.7 Å². The highest BCUT2D eigenvalue weighted by molar-refractivity contribution is 5.68. The number of aromatic nitrogens is 1. The number of likely N-dealkylation sites (tertiary alicyclic amines) is 1. The second-order valence-electron chi connectivity index (χ2n) is 9.52.